The molecule has 0 radical (unpaired) electrons. The van der Waals surface area contributed by atoms with Crippen LogP contribution >= 0.6 is 11.3 Å². The summed E-state index contributed by atoms with van der Waals surface area (Å²) in [6.45, 7) is 0. The molecular weight excluding hydrogens is 458 g/mol. The van der Waals surface area contributed by atoms with Gasteiger partial charge in [-0.15, -0.1) is 11.3 Å². The van der Waals surface area contributed by atoms with Crippen LogP contribution in [0.25, 0.3) is 0 Å². The van der Waals surface area contributed by atoms with Gasteiger partial charge in [-0.25, -0.2) is 0 Å². The van der Waals surface area contributed by atoms with E-state index in [1.165, 1.54) is 12.1 Å². The second-order valence-electron chi connectivity index (χ2n) is 7.48. The van der Waals surface area contributed by atoms with Crippen LogP contribution in [0.4, 0.5) is 32.0 Å². The third kappa shape index (κ3) is 5.62. The Labute approximate surface area is 184 Å². The van der Waals surface area contributed by atoms with E-state index in [-0.39, 0.29) is 15.8 Å². The van der Waals surface area contributed by atoms with Gasteiger partial charge in [0.1, 0.15) is 0 Å². The van der Waals surface area contributed by atoms with Gasteiger partial charge in [-0.2, -0.15) is 26.3 Å². The quantitative estimate of drug-likeness (QED) is 0.548. The molecule has 1 heterocycles. The van der Waals surface area contributed by atoms with Crippen LogP contribution in [0.5, 0.6) is 0 Å². The van der Waals surface area contributed by atoms with Crippen LogP contribution in [-0.2, 0) is 15.8 Å². The van der Waals surface area contributed by atoms with Crippen molar-refractivity contribution < 1.29 is 35.9 Å². The molecule has 2 aromatic rings. The first kappa shape index (κ1) is 24.1. The number of carbonyl (C=O) groups excluding carboxylic acids is 2. The lowest BCUT2D eigenvalue weighted by Crippen LogP contribution is -2.50. The molecule has 0 saturated heterocycles. The molecule has 1 atom stereocenters. The first-order chi connectivity index (χ1) is 15.0. The topological polar surface area (TPSA) is 49.4 Å². The molecule has 4 nitrogen and oxygen atoms in total. The molecule has 0 unspecified atom stereocenters. The van der Waals surface area contributed by atoms with Gasteiger partial charge in [0.2, 0.25) is 5.91 Å². The van der Waals surface area contributed by atoms with Gasteiger partial charge in [0.15, 0.2) is 6.04 Å². The molecule has 174 valence electrons. The summed E-state index contributed by atoms with van der Waals surface area (Å²) in [5, 5.41) is 4.27. The molecule has 0 spiro atoms. The van der Waals surface area contributed by atoms with Crippen molar-refractivity contribution in [2.24, 2.45) is 0 Å². The Kier molecular flexibility index (Phi) is 7.16. The minimum Gasteiger partial charge on any atom is -0.351 e. The molecule has 0 bridgehead atoms. The van der Waals surface area contributed by atoms with Crippen molar-refractivity contribution in [1.29, 1.82) is 0 Å². The average molecular weight is 478 g/mol. The first-order valence-electron chi connectivity index (χ1n) is 9.90. The Morgan fingerprint density at radius 2 is 1.59 bits per heavy atom. The van der Waals surface area contributed by atoms with Crippen LogP contribution in [0, 0.1) is 0 Å². The van der Waals surface area contributed by atoms with E-state index in [0.29, 0.717) is 25.0 Å². The fraction of sp³-hybridized carbons (Fsp3) is 0.429. The standard InChI is InChI=1S/C21H20F6N2O2S/c22-20(23,24)13-8-10-15(11-9-13)29(19(31)21(25,26)27)17(16-7-4-12-32-16)18(30)28-14-5-2-1-3-6-14/h4,7-12,14,17H,1-3,5-6H2,(H,28,30)/t17-/m0/s1. The summed E-state index contributed by atoms with van der Waals surface area (Å²) in [4.78, 5) is 25.9. The maximum Gasteiger partial charge on any atom is 0.471 e. The third-order valence-electron chi connectivity index (χ3n) is 5.20. The number of thiophene rings is 1. The summed E-state index contributed by atoms with van der Waals surface area (Å²) in [6, 6.07) is 3.70. The van der Waals surface area contributed by atoms with Crippen molar-refractivity contribution >= 4 is 28.8 Å². The van der Waals surface area contributed by atoms with Crippen molar-refractivity contribution in [2.75, 3.05) is 4.90 Å². The minimum atomic E-state index is -5.34. The largest absolute Gasteiger partial charge is 0.471 e. The lowest BCUT2D eigenvalue weighted by molar-refractivity contribution is -0.171. The Balaban J connectivity index is 2.03. The highest BCUT2D eigenvalue weighted by atomic mass is 32.1. The molecule has 0 aliphatic heterocycles. The highest BCUT2D eigenvalue weighted by Gasteiger charge is 2.48. The second-order valence-corrected chi connectivity index (χ2v) is 8.46. The van der Waals surface area contributed by atoms with Crippen LogP contribution in [-0.4, -0.2) is 24.0 Å². The van der Waals surface area contributed by atoms with Crippen molar-refractivity contribution in [3.8, 4) is 0 Å². The van der Waals surface area contributed by atoms with E-state index in [4.69, 9.17) is 0 Å². The number of nitrogens with one attached hydrogen (secondary N) is 1. The van der Waals surface area contributed by atoms with Crippen LogP contribution < -0.4 is 10.2 Å². The van der Waals surface area contributed by atoms with E-state index >= 15 is 0 Å². The number of anilines is 1. The third-order valence-corrected chi connectivity index (χ3v) is 6.13. The van der Waals surface area contributed by atoms with Gasteiger partial charge < -0.3 is 5.32 Å². The van der Waals surface area contributed by atoms with E-state index in [9.17, 15) is 35.9 Å². The van der Waals surface area contributed by atoms with Gasteiger partial charge >= 0.3 is 18.3 Å². The molecule has 1 fully saturated rings. The number of alkyl halides is 6. The van der Waals surface area contributed by atoms with E-state index in [0.717, 1.165) is 42.7 Å². The smallest absolute Gasteiger partial charge is 0.351 e. The molecule has 1 aromatic carbocycles. The predicted octanol–water partition coefficient (Wildman–Crippen LogP) is 5.85. The van der Waals surface area contributed by atoms with Gasteiger partial charge in [0.25, 0.3) is 0 Å². The predicted molar refractivity (Wildman–Crippen MR) is 107 cm³/mol. The van der Waals surface area contributed by atoms with Crippen LogP contribution in [0.1, 0.15) is 48.6 Å². The molecule has 1 aliphatic carbocycles. The average Bonchev–Trinajstić information content (AvgIpc) is 3.25. The van der Waals surface area contributed by atoms with E-state index < -0.39 is 41.5 Å². The highest BCUT2D eigenvalue weighted by Crippen LogP contribution is 2.37. The second kappa shape index (κ2) is 9.51. The summed E-state index contributed by atoms with van der Waals surface area (Å²) in [7, 11) is 0. The fourth-order valence-electron chi connectivity index (χ4n) is 3.68. The molecule has 1 aromatic heterocycles. The lowest BCUT2D eigenvalue weighted by atomic mass is 9.95. The summed E-state index contributed by atoms with van der Waals surface area (Å²) in [5.41, 5.74) is -1.54. The molecule has 1 N–H and O–H groups in total. The molecule has 11 heteroatoms. The lowest BCUT2D eigenvalue weighted by Gasteiger charge is -2.33. The molecule has 2 amide bonds. The van der Waals surface area contributed by atoms with Gasteiger partial charge in [-0.1, -0.05) is 25.3 Å². The van der Waals surface area contributed by atoms with Crippen molar-refractivity contribution in [3.63, 3.8) is 0 Å². The van der Waals surface area contributed by atoms with Gasteiger partial charge in [0.05, 0.1) is 5.56 Å². The normalized spacial score (nSPS) is 16.4. The molecule has 1 saturated carbocycles. The van der Waals surface area contributed by atoms with E-state index in [1.807, 2.05) is 0 Å². The van der Waals surface area contributed by atoms with Crippen LogP contribution in [0.2, 0.25) is 0 Å². The van der Waals surface area contributed by atoms with Crippen molar-refractivity contribution in [2.45, 2.75) is 56.5 Å². The number of amides is 2. The summed E-state index contributed by atoms with van der Waals surface area (Å²) >= 11 is 0.978. The van der Waals surface area contributed by atoms with Crippen LogP contribution in [0.15, 0.2) is 41.8 Å². The zero-order chi connectivity index (χ0) is 23.5. The number of nitrogens with zero attached hydrogens (tertiary/aromatic N) is 1. The zero-order valence-electron chi connectivity index (χ0n) is 16.7. The maximum atomic E-state index is 13.5. The minimum absolute atomic E-state index is 0.163. The molecule has 32 heavy (non-hydrogen) atoms. The number of hydrogen-bond donors (Lipinski definition) is 1. The summed E-state index contributed by atoms with van der Waals surface area (Å²) in [6.07, 6.45) is -6.01. The van der Waals surface area contributed by atoms with Crippen LogP contribution in [0.3, 0.4) is 0 Å². The summed E-state index contributed by atoms with van der Waals surface area (Å²) < 4.78 is 79.2. The zero-order valence-corrected chi connectivity index (χ0v) is 17.5. The highest BCUT2D eigenvalue weighted by molar-refractivity contribution is 7.10. The Morgan fingerprint density at radius 3 is 2.09 bits per heavy atom. The number of halogens is 6. The Morgan fingerprint density at radius 1 is 0.969 bits per heavy atom. The monoisotopic (exact) mass is 478 g/mol. The number of benzene rings is 1. The Bertz CT molecular complexity index is 919. The SMILES string of the molecule is O=C(NC1CCCCC1)[C@H](c1cccs1)N(C(=O)C(F)(F)F)c1ccc(C(F)(F)F)cc1. The fourth-order valence-corrected chi connectivity index (χ4v) is 4.49. The number of rotatable bonds is 5. The van der Waals surface area contributed by atoms with Gasteiger partial charge in [0, 0.05) is 16.6 Å². The van der Waals surface area contributed by atoms with Crippen molar-refractivity contribution in [1.82, 2.24) is 5.32 Å². The molecule has 3 rings (SSSR count). The summed E-state index contributed by atoms with van der Waals surface area (Å²) in [5.74, 6) is -3.15. The number of hydrogen-bond acceptors (Lipinski definition) is 3. The van der Waals surface area contributed by atoms with Crippen molar-refractivity contribution in [3.05, 3.63) is 52.2 Å². The maximum absolute atomic E-state index is 13.5. The van der Waals surface area contributed by atoms with E-state index in [1.54, 1.807) is 5.38 Å². The number of carbonyl (C=O) groups is 2. The van der Waals surface area contributed by atoms with Gasteiger partial charge in [-0.05, 0) is 48.6 Å². The molecular formula is C21H20F6N2O2S. The first-order valence-corrected chi connectivity index (χ1v) is 10.8. The van der Waals surface area contributed by atoms with Gasteiger partial charge in [-0.3, -0.25) is 14.5 Å². The van der Waals surface area contributed by atoms with E-state index in [2.05, 4.69) is 5.32 Å². The molecule has 1 aliphatic rings. The Hall–Kier alpha value is -2.56.